The number of hydrogen-bond acceptors (Lipinski definition) is 17. The third kappa shape index (κ3) is 17.9. The fraction of sp³-hybridized carbons (Fsp3) is 0.725. The number of ketones is 1. The summed E-state index contributed by atoms with van der Waals surface area (Å²) in [6.45, 7) is 6.84. The molecule has 24 heteroatoms. The highest BCUT2D eigenvalue weighted by Gasteiger charge is 2.49. The molecule has 0 aromatic heterocycles. The number of carbonyl (C=O) groups is 8. The van der Waals surface area contributed by atoms with Crippen molar-refractivity contribution in [3.05, 3.63) is 29.8 Å². The van der Waals surface area contributed by atoms with Crippen LogP contribution in [-0.4, -0.2) is 189 Å². The number of aliphatic hydroxyl groups is 8. The van der Waals surface area contributed by atoms with Gasteiger partial charge < -0.3 is 82.8 Å². The number of amides is 7. The maximum Gasteiger partial charge on any atom is 0.248 e. The summed E-state index contributed by atoms with van der Waals surface area (Å²) in [6, 6.07) is -4.73. The van der Waals surface area contributed by atoms with Crippen molar-refractivity contribution in [2.24, 2.45) is 23.5 Å². The van der Waals surface area contributed by atoms with E-state index in [1.807, 2.05) is 0 Å². The summed E-state index contributed by atoms with van der Waals surface area (Å²) >= 11 is 0. The van der Waals surface area contributed by atoms with E-state index in [-0.39, 0.29) is 24.2 Å². The Bertz CT molecular complexity index is 2100. The third-order valence-corrected chi connectivity index (χ3v) is 14.6. The lowest BCUT2D eigenvalue weighted by molar-refractivity contribution is -0.150. The lowest BCUT2D eigenvalue weighted by Gasteiger charge is -2.34. The van der Waals surface area contributed by atoms with E-state index >= 15 is 0 Å². The van der Waals surface area contributed by atoms with Crippen molar-refractivity contribution in [3.8, 4) is 5.75 Å². The zero-order chi connectivity index (χ0) is 55.8. The Morgan fingerprint density at radius 1 is 0.760 bits per heavy atom. The van der Waals surface area contributed by atoms with Crippen molar-refractivity contribution >= 4 is 47.1 Å². The van der Waals surface area contributed by atoms with Crippen LogP contribution in [0.2, 0.25) is 0 Å². The monoisotopic (exact) mass is 1060 g/mol. The van der Waals surface area contributed by atoms with Crippen LogP contribution in [-0.2, 0) is 38.4 Å². The number of unbranched alkanes of at least 4 members (excludes halogenated alkanes) is 5. The lowest BCUT2D eigenvalue weighted by atomic mass is 9.86. The van der Waals surface area contributed by atoms with E-state index in [0.717, 1.165) is 62.5 Å². The molecule has 0 bridgehead atoms. The van der Waals surface area contributed by atoms with Gasteiger partial charge in [0.1, 0.15) is 42.1 Å². The van der Waals surface area contributed by atoms with Gasteiger partial charge in [0.15, 0.2) is 12.0 Å². The second-order valence-corrected chi connectivity index (χ2v) is 20.9. The molecule has 0 unspecified atom stereocenters. The Morgan fingerprint density at radius 2 is 1.37 bits per heavy atom. The van der Waals surface area contributed by atoms with Crippen LogP contribution < -0.4 is 27.0 Å². The molecule has 3 fully saturated rings. The molecule has 0 aliphatic carbocycles. The van der Waals surface area contributed by atoms with Gasteiger partial charge in [0.25, 0.3) is 0 Å². The Morgan fingerprint density at radius 3 is 2.00 bits per heavy atom. The zero-order valence-corrected chi connectivity index (χ0v) is 43.3. The number of primary amides is 1. The highest BCUT2D eigenvalue weighted by molar-refractivity contribution is 5.98. The topological polar surface area (TPSA) is 399 Å². The van der Waals surface area contributed by atoms with Crippen LogP contribution in [0, 0.1) is 17.8 Å². The average Bonchev–Trinajstić information content (AvgIpc) is 3.95. The number of Topliss-reactive ketones (excluding diaryl/α,β-unsaturated/α-hetero) is 1. The zero-order valence-electron chi connectivity index (χ0n) is 43.3. The predicted octanol–water partition coefficient (Wildman–Crippen LogP) is -2.25. The van der Waals surface area contributed by atoms with Crippen LogP contribution in [0.15, 0.2) is 24.3 Å². The van der Waals surface area contributed by atoms with Gasteiger partial charge in [-0.05, 0) is 55.7 Å². The van der Waals surface area contributed by atoms with E-state index < -0.39 is 171 Å². The van der Waals surface area contributed by atoms with Gasteiger partial charge in [-0.25, -0.2) is 0 Å². The van der Waals surface area contributed by atoms with Crippen molar-refractivity contribution in [2.45, 2.75) is 203 Å². The second-order valence-electron chi connectivity index (χ2n) is 20.9. The summed E-state index contributed by atoms with van der Waals surface area (Å²) in [5.41, 5.74) is 5.26. The molecule has 24 nitrogen and oxygen atoms in total. The molecule has 3 aliphatic heterocycles. The third-order valence-electron chi connectivity index (χ3n) is 14.6. The molecule has 3 aliphatic rings. The van der Waals surface area contributed by atoms with Crippen LogP contribution in [0.1, 0.15) is 136 Å². The Hall–Kier alpha value is -5.34. The Kier molecular flexibility index (Phi) is 24.3. The Balaban J connectivity index is 1.69. The minimum Gasteiger partial charge on any atom is -0.508 e. The number of aromatic hydroxyl groups is 1. The molecular weight excluding hydrogens is 983 g/mol. The van der Waals surface area contributed by atoms with Crippen LogP contribution >= 0.6 is 0 Å². The molecule has 3 saturated heterocycles. The van der Waals surface area contributed by atoms with E-state index in [4.69, 9.17) is 5.73 Å². The standard InChI is InChI=1S/C51H81N7O17/c1-5-26(2)20-27(3)12-10-8-6-7-9-11-13-40(67)53-33-23-38(65)48(72)56-49(73)43-35(62)18-19-57(43)51(75)42(37(64)24-39(52)66)55-46(70)32(45(69)44(68)29-14-16-30(60)17-15-29)22-36(63)34-21-31(61)25-58(34)50(74)41(28(4)59)54-47(33)71/h14-17,26-28,31-35,37-38,41-45,48,59-62,64-65,68-69,72H,5-13,18-25H2,1-4H3,(H2,52,66)(H,53,67)(H,54,71)(H,55,70)(H,56,73)/t26-,27+,28+,31+,32-,33-,34-,35-,37+,38+,41-,42-,43-,44-,45-,48+/m0/s1. The molecule has 75 heavy (non-hydrogen) atoms. The normalized spacial score (nSPS) is 29.1. The Labute approximate surface area is 436 Å². The van der Waals surface area contributed by atoms with Gasteiger partial charge in [-0.15, -0.1) is 0 Å². The molecule has 16 atom stereocenters. The molecule has 0 spiro atoms. The number of hydrogen-bond donors (Lipinski definition) is 14. The smallest absolute Gasteiger partial charge is 0.248 e. The number of carbonyl (C=O) groups excluding carboxylic acids is 8. The number of nitrogens with one attached hydrogen (secondary N) is 4. The average molecular weight is 1060 g/mol. The van der Waals surface area contributed by atoms with Gasteiger partial charge in [-0.1, -0.05) is 77.8 Å². The van der Waals surface area contributed by atoms with Crippen molar-refractivity contribution in [1.29, 1.82) is 0 Å². The predicted molar refractivity (Wildman–Crippen MR) is 267 cm³/mol. The van der Waals surface area contributed by atoms with Crippen molar-refractivity contribution < 1.29 is 84.3 Å². The first kappa shape index (κ1) is 62.2. The number of rotatable bonds is 20. The van der Waals surface area contributed by atoms with Crippen LogP contribution in [0.5, 0.6) is 5.75 Å². The quantitative estimate of drug-likeness (QED) is 0.0614. The van der Waals surface area contributed by atoms with Gasteiger partial charge in [-0.2, -0.15) is 0 Å². The van der Waals surface area contributed by atoms with Gasteiger partial charge in [-0.3, -0.25) is 38.4 Å². The fourth-order valence-corrected chi connectivity index (χ4v) is 10.1. The minimum absolute atomic E-state index is 0.0725. The maximum absolute atomic E-state index is 14.4. The number of nitrogens with two attached hydrogens (primary N) is 1. The van der Waals surface area contributed by atoms with Crippen molar-refractivity contribution in [1.82, 2.24) is 31.1 Å². The molecule has 7 amide bonds. The SMILES string of the molecule is CC[C@H](C)C[C@H](C)CCCCCCCCC(=O)N[C@H]1C[C@@H](O)[C@@H](O)NC(=O)[C@@H]2[C@@H](O)CCN2C(=O)[C@H]([C@H](O)CC(N)=O)NC(=O)[C@H]([C@H](O)[C@@H](O)c2ccc(O)cc2)CC(=O)[C@@H]2C[C@@H](O)CN2C(=O)[C@H]([C@@H](C)O)NC1=O. The van der Waals surface area contributed by atoms with Gasteiger partial charge in [0, 0.05) is 38.8 Å². The highest BCUT2D eigenvalue weighted by atomic mass is 16.3. The molecule has 1 aromatic carbocycles. The van der Waals surface area contributed by atoms with E-state index in [1.165, 1.54) is 18.6 Å². The number of nitrogens with zero attached hydrogens (tertiary/aromatic N) is 2. The first-order valence-corrected chi connectivity index (χ1v) is 26.2. The van der Waals surface area contributed by atoms with Gasteiger partial charge in [0.05, 0.1) is 48.9 Å². The summed E-state index contributed by atoms with van der Waals surface area (Å²) in [6.07, 6.45) is -10.8. The number of phenols is 1. The van der Waals surface area contributed by atoms with Crippen molar-refractivity contribution in [2.75, 3.05) is 13.1 Å². The molecule has 3 heterocycles. The van der Waals surface area contributed by atoms with E-state index in [9.17, 15) is 84.3 Å². The number of fused-ring (bicyclic) bond motifs is 2. The van der Waals surface area contributed by atoms with E-state index in [0.29, 0.717) is 29.6 Å². The summed E-state index contributed by atoms with van der Waals surface area (Å²) in [7, 11) is 0. The number of aliphatic hydroxyl groups excluding tert-OH is 8. The van der Waals surface area contributed by atoms with E-state index in [1.54, 1.807) is 0 Å². The van der Waals surface area contributed by atoms with Crippen LogP contribution in [0.25, 0.3) is 0 Å². The first-order chi connectivity index (χ1) is 35.3. The minimum atomic E-state index is -2.27. The fourth-order valence-electron chi connectivity index (χ4n) is 10.1. The van der Waals surface area contributed by atoms with Gasteiger partial charge in [0.2, 0.25) is 41.4 Å². The summed E-state index contributed by atoms with van der Waals surface area (Å²) < 4.78 is 0. The molecule has 4 rings (SSSR count). The van der Waals surface area contributed by atoms with E-state index in [2.05, 4.69) is 42.0 Å². The number of phenolic OH excluding ortho intramolecular Hbond substituents is 1. The molecule has 0 radical (unpaired) electrons. The summed E-state index contributed by atoms with van der Waals surface area (Å²) in [5, 5.41) is 108. The maximum atomic E-state index is 14.4. The molecule has 1 aromatic rings. The molecular formula is C51H81N7O17. The summed E-state index contributed by atoms with van der Waals surface area (Å²) in [5.74, 6) is -10.2. The summed E-state index contributed by atoms with van der Waals surface area (Å²) in [4.78, 5) is 113. The molecule has 422 valence electrons. The van der Waals surface area contributed by atoms with Crippen LogP contribution in [0.4, 0.5) is 0 Å². The first-order valence-electron chi connectivity index (χ1n) is 26.2. The number of benzene rings is 1. The largest absolute Gasteiger partial charge is 0.508 e. The second kappa shape index (κ2) is 29.3. The van der Waals surface area contributed by atoms with Crippen molar-refractivity contribution in [3.63, 3.8) is 0 Å². The molecule has 15 N–H and O–H groups in total. The van der Waals surface area contributed by atoms with Crippen LogP contribution in [0.3, 0.4) is 0 Å². The highest BCUT2D eigenvalue weighted by Crippen LogP contribution is 2.30. The van der Waals surface area contributed by atoms with Gasteiger partial charge >= 0.3 is 0 Å². The molecule has 0 saturated carbocycles. The lowest BCUT2D eigenvalue weighted by Crippen LogP contribution is -2.61.